The van der Waals surface area contributed by atoms with Gasteiger partial charge in [0.05, 0.1) is 18.8 Å². The van der Waals surface area contributed by atoms with E-state index in [9.17, 15) is 23.4 Å². The van der Waals surface area contributed by atoms with Gasteiger partial charge in [-0.15, -0.1) is 0 Å². The molecular formula is C31H53NO6S. The fraction of sp³-hybridized carbons (Fsp3) is 0.968. The molecule has 0 spiro atoms. The highest BCUT2D eigenvalue weighted by atomic mass is 32.2. The van der Waals surface area contributed by atoms with E-state index in [4.69, 9.17) is 4.74 Å². The molecule has 39 heavy (non-hydrogen) atoms. The highest BCUT2D eigenvalue weighted by Crippen LogP contribution is 2.69. The first-order valence-corrected chi connectivity index (χ1v) is 17.5. The van der Waals surface area contributed by atoms with Crippen LogP contribution < -0.4 is 0 Å². The van der Waals surface area contributed by atoms with Crippen LogP contribution in [0.25, 0.3) is 0 Å². The molecule has 1 heterocycles. The molecular weight excluding hydrogens is 514 g/mol. The van der Waals surface area contributed by atoms with Crippen molar-refractivity contribution in [3.05, 3.63) is 0 Å². The van der Waals surface area contributed by atoms with E-state index in [2.05, 4.69) is 27.7 Å². The van der Waals surface area contributed by atoms with Gasteiger partial charge in [-0.1, -0.05) is 34.1 Å². The Kier molecular flexibility index (Phi) is 8.54. The lowest BCUT2D eigenvalue weighted by atomic mass is 9.41. The number of carbonyl (C=O) groups is 1. The summed E-state index contributed by atoms with van der Waals surface area (Å²) in [4.78, 5) is 12.4. The van der Waals surface area contributed by atoms with Crippen LogP contribution in [-0.2, 0) is 19.6 Å². The highest BCUT2D eigenvalue weighted by molar-refractivity contribution is 7.89. The number of ether oxygens (including phenoxy) is 1. The monoisotopic (exact) mass is 567 g/mol. The molecule has 0 aromatic rings. The fourth-order valence-corrected chi connectivity index (χ4v) is 12.1. The molecule has 11 atom stereocenters. The molecule has 2 N–H and O–H groups in total. The molecule has 5 fully saturated rings. The molecule has 1 aliphatic heterocycles. The first-order chi connectivity index (χ1) is 18.4. The molecule has 0 bridgehead atoms. The SMILES string of the molecule is CC[C@H]1[C@@H](O)[C@@H]2[C@H](CC[C@]3(C)[C@@H]([C@H](C)CCOC(=O)CS(=O)(=O)N4CCCC4)CC[C@@H]23)[C@@]2(C)CC[C@@H](O)C[C@@H]12. The second-order valence-electron chi connectivity index (χ2n) is 14.5. The number of fused-ring (bicyclic) bond motifs is 5. The Morgan fingerprint density at radius 3 is 2.36 bits per heavy atom. The van der Waals surface area contributed by atoms with Crippen LogP contribution in [0.5, 0.6) is 0 Å². The lowest BCUT2D eigenvalue weighted by Gasteiger charge is -2.64. The second kappa shape index (κ2) is 11.2. The van der Waals surface area contributed by atoms with Gasteiger partial charge in [-0.3, -0.25) is 4.79 Å². The molecule has 5 rings (SSSR count). The van der Waals surface area contributed by atoms with Gasteiger partial charge in [0, 0.05) is 13.1 Å². The Morgan fingerprint density at radius 2 is 1.67 bits per heavy atom. The molecule has 7 nitrogen and oxygen atoms in total. The van der Waals surface area contributed by atoms with Gasteiger partial charge in [0.1, 0.15) is 0 Å². The molecule has 8 heteroatoms. The van der Waals surface area contributed by atoms with Gasteiger partial charge in [0.15, 0.2) is 5.75 Å². The number of hydrogen-bond acceptors (Lipinski definition) is 6. The quantitative estimate of drug-likeness (QED) is 0.415. The summed E-state index contributed by atoms with van der Waals surface area (Å²) >= 11 is 0. The van der Waals surface area contributed by atoms with E-state index in [1.165, 1.54) is 10.7 Å². The Labute approximate surface area is 236 Å². The van der Waals surface area contributed by atoms with Crippen LogP contribution in [0.4, 0.5) is 0 Å². The molecule has 224 valence electrons. The van der Waals surface area contributed by atoms with Crippen molar-refractivity contribution in [2.24, 2.45) is 52.3 Å². The third-order valence-corrected chi connectivity index (χ3v) is 14.5. The topological polar surface area (TPSA) is 104 Å². The summed E-state index contributed by atoms with van der Waals surface area (Å²) in [6, 6.07) is 0. The van der Waals surface area contributed by atoms with E-state index in [1.807, 2.05) is 0 Å². The minimum absolute atomic E-state index is 0.167. The zero-order chi connectivity index (χ0) is 28.2. The van der Waals surface area contributed by atoms with E-state index < -0.39 is 21.7 Å². The third-order valence-electron chi connectivity index (χ3n) is 12.7. The van der Waals surface area contributed by atoms with Gasteiger partial charge in [-0.05, 0) is 116 Å². The van der Waals surface area contributed by atoms with Crippen LogP contribution in [0.15, 0.2) is 0 Å². The fourth-order valence-electron chi connectivity index (χ4n) is 10.7. The Balaban J connectivity index is 1.22. The summed E-state index contributed by atoms with van der Waals surface area (Å²) in [6.45, 7) is 10.7. The van der Waals surface area contributed by atoms with Crippen molar-refractivity contribution in [1.29, 1.82) is 0 Å². The number of hydrogen-bond donors (Lipinski definition) is 2. The highest BCUT2D eigenvalue weighted by Gasteiger charge is 2.64. The average Bonchev–Trinajstić information content (AvgIpc) is 3.54. The van der Waals surface area contributed by atoms with E-state index in [0.717, 1.165) is 64.2 Å². The van der Waals surface area contributed by atoms with E-state index in [0.29, 0.717) is 48.6 Å². The number of aliphatic hydroxyl groups excluding tert-OH is 2. The van der Waals surface area contributed by atoms with E-state index >= 15 is 0 Å². The number of esters is 1. The molecule has 4 aliphatic carbocycles. The largest absolute Gasteiger partial charge is 0.465 e. The molecule has 0 unspecified atom stereocenters. The van der Waals surface area contributed by atoms with Gasteiger partial charge in [0.25, 0.3) is 0 Å². The Morgan fingerprint density at radius 1 is 1.00 bits per heavy atom. The van der Waals surface area contributed by atoms with Gasteiger partial charge in [-0.2, -0.15) is 0 Å². The number of carbonyl (C=O) groups excluding carboxylic acids is 1. The van der Waals surface area contributed by atoms with Crippen molar-refractivity contribution in [2.75, 3.05) is 25.4 Å². The van der Waals surface area contributed by atoms with Crippen molar-refractivity contribution in [3.63, 3.8) is 0 Å². The van der Waals surface area contributed by atoms with Crippen molar-refractivity contribution in [2.45, 2.75) is 111 Å². The van der Waals surface area contributed by atoms with Crippen molar-refractivity contribution in [3.8, 4) is 0 Å². The summed E-state index contributed by atoms with van der Waals surface area (Å²) in [5.74, 6) is 1.73. The minimum atomic E-state index is -3.57. The number of aliphatic hydroxyl groups is 2. The summed E-state index contributed by atoms with van der Waals surface area (Å²) < 4.78 is 31.8. The molecule has 0 aromatic carbocycles. The Hall–Kier alpha value is -0.700. The van der Waals surface area contributed by atoms with Crippen LogP contribution in [0, 0.1) is 52.3 Å². The van der Waals surface area contributed by atoms with Crippen molar-refractivity contribution >= 4 is 16.0 Å². The maximum absolute atomic E-state index is 12.5. The average molecular weight is 568 g/mol. The predicted molar refractivity (Wildman–Crippen MR) is 151 cm³/mol. The summed E-state index contributed by atoms with van der Waals surface area (Å²) in [6.07, 6.45) is 10.3. The number of sulfonamides is 1. The first-order valence-electron chi connectivity index (χ1n) is 15.9. The summed E-state index contributed by atoms with van der Waals surface area (Å²) in [7, 11) is -3.57. The molecule has 0 aromatic heterocycles. The number of rotatable bonds is 8. The van der Waals surface area contributed by atoms with Crippen LogP contribution in [0.3, 0.4) is 0 Å². The zero-order valence-electron chi connectivity index (χ0n) is 24.7. The molecule has 0 amide bonds. The van der Waals surface area contributed by atoms with Crippen molar-refractivity contribution < 1.29 is 28.2 Å². The van der Waals surface area contributed by atoms with E-state index in [-0.39, 0.29) is 35.6 Å². The van der Waals surface area contributed by atoms with Gasteiger partial charge in [-0.25, -0.2) is 12.7 Å². The van der Waals surface area contributed by atoms with Gasteiger partial charge in [0.2, 0.25) is 10.0 Å². The Bertz CT molecular complexity index is 997. The van der Waals surface area contributed by atoms with Crippen LogP contribution in [-0.4, -0.2) is 66.6 Å². The van der Waals surface area contributed by atoms with Gasteiger partial charge >= 0.3 is 5.97 Å². The lowest BCUT2D eigenvalue weighted by Crippen LogP contribution is -2.62. The molecule has 5 aliphatic rings. The third kappa shape index (κ3) is 5.23. The summed E-state index contributed by atoms with van der Waals surface area (Å²) in [5.41, 5.74) is 0.374. The van der Waals surface area contributed by atoms with E-state index in [1.54, 1.807) is 0 Å². The normalized spacial score (nSPS) is 45.3. The van der Waals surface area contributed by atoms with Crippen molar-refractivity contribution in [1.82, 2.24) is 4.31 Å². The second-order valence-corrected chi connectivity index (χ2v) is 16.4. The first kappa shape index (κ1) is 29.8. The molecule has 0 radical (unpaired) electrons. The molecule has 1 saturated heterocycles. The van der Waals surface area contributed by atoms with Crippen LogP contribution >= 0.6 is 0 Å². The smallest absolute Gasteiger partial charge is 0.322 e. The van der Waals surface area contributed by atoms with Gasteiger partial charge < -0.3 is 14.9 Å². The van der Waals surface area contributed by atoms with Crippen LogP contribution in [0.1, 0.15) is 98.3 Å². The summed E-state index contributed by atoms with van der Waals surface area (Å²) in [5, 5.41) is 22.4. The maximum Gasteiger partial charge on any atom is 0.322 e. The lowest BCUT2D eigenvalue weighted by molar-refractivity contribution is -0.203. The maximum atomic E-state index is 12.5. The van der Waals surface area contributed by atoms with Crippen LogP contribution in [0.2, 0.25) is 0 Å². The zero-order valence-corrected chi connectivity index (χ0v) is 25.5. The predicted octanol–water partition coefficient (Wildman–Crippen LogP) is 4.61. The number of nitrogens with zero attached hydrogens (tertiary/aromatic N) is 1. The molecule has 4 saturated carbocycles. The standard InChI is InChI=1S/C31H53NO6S/c1-5-22-26-18-21(33)10-13-31(26,4)25-11-14-30(3)23(8-9-24(30)28(25)29(22)35)20(2)12-17-38-27(34)19-39(36,37)32-15-6-7-16-32/h20-26,28-29,33,35H,5-19H2,1-4H3/t20-,21-,22-,23-,24+,25+,26+,28+,29-,30-,31-/m1/s1. The minimum Gasteiger partial charge on any atom is -0.465 e.